The van der Waals surface area contributed by atoms with E-state index in [1.807, 2.05) is 5.38 Å². The molecule has 1 aromatic heterocycles. The number of nitrogens with one attached hydrogen (secondary N) is 1. The van der Waals surface area contributed by atoms with Crippen LogP contribution >= 0.6 is 11.3 Å². The molecule has 1 saturated carbocycles. The number of hydrogen-bond acceptors (Lipinski definition) is 4. The first-order valence-corrected chi connectivity index (χ1v) is 8.48. The molecule has 0 atom stereocenters. The van der Waals surface area contributed by atoms with Crippen LogP contribution in [0.4, 0.5) is 0 Å². The number of hydrogen-bond donors (Lipinski definition) is 2. The number of thiophene rings is 1. The van der Waals surface area contributed by atoms with Crippen molar-refractivity contribution in [2.75, 3.05) is 6.54 Å². The third-order valence-corrected chi connectivity index (χ3v) is 5.17. The Morgan fingerprint density at radius 3 is 2.50 bits per heavy atom. The Morgan fingerprint density at radius 1 is 1.18 bits per heavy atom. The van der Waals surface area contributed by atoms with Crippen molar-refractivity contribution < 1.29 is 19.5 Å². The molecule has 0 aromatic carbocycles. The van der Waals surface area contributed by atoms with Crippen LogP contribution in [0.5, 0.6) is 0 Å². The van der Waals surface area contributed by atoms with Gasteiger partial charge in [-0.25, -0.2) is 0 Å². The maximum Gasteiger partial charge on any atom is 0.311 e. The Bertz CT molecular complexity index is 532. The van der Waals surface area contributed by atoms with Gasteiger partial charge in [-0.3, -0.25) is 14.4 Å². The van der Waals surface area contributed by atoms with Crippen LogP contribution in [-0.4, -0.2) is 29.3 Å². The minimum atomic E-state index is -0.831. The van der Waals surface area contributed by atoms with Crippen molar-refractivity contribution in [2.45, 2.75) is 44.9 Å². The minimum absolute atomic E-state index is 0.0456. The van der Waals surface area contributed by atoms with E-state index in [-0.39, 0.29) is 31.1 Å². The van der Waals surface area contributed by atoms with Gasteiger partial charge in [0.15, 0.2) is 5.78 Å². The van der Waals surface area contributed by atoms with E-state index in [2.05, 4.69) is 5.32 Å². The summed E-state index contributed by atoms with van der Waals surface area (Å²) in [6.07, 6.45) is 4.31. The molecule has 0 bridgehead atoms. The van der Waals surface area contributed by atoms with Gasteiger partial charge in [0.05, 0.1) is 10.3 Å². The number of carboxylic acids is 1. The van der Waals surface area contributed by atoms with Gasteiger partial charge in [0.2, 0.25) is 5.91 Å². The van der Waals surface area contributed by atoms with E-state index in [0.717, 1.165) is 19.3 Å². The van der Waals surface area contributed by atoms with E-state index in [1.165, 1.54) is 11.3 Å². The molecule has 0 saturated heterocycles. The lowest BCUT2D eigenvalue weighted by Crippen LogP contribution is -2.44. The van der Waals surface area contributed by atoms with Crippen LogP contribution in [0.2, 0.25) is 0 Å². The maximum absolute atomic E-state index is 11.9. The zero-order valence-electron chi connectivity index (χ0n) is 12.5. The number of ketones is 1. The molecule has 6 heteroatoms. The number of carbonyl (C=O) groups is 3. The van der Waals surface area contributed by atoms with E-state index in [9.17, 15) is 19.5 Å². The first-order chi connectivity index (χ1) is 10.5. The lowest BCUT2D eigenvalue weighted by atomic mass is 9.74. The highest BCUT2D eigenvalue weighted by Crippen LogP contribution is 2.36. The van der Waals surface area contributed by atoms with Crippen molar-refractivity contribution >= 4 is 29.0 Å². The third-order valence-electron chi connectivity index (χ3n) is 4.26. The maximum atomic E-state index is 11.9. The summed E-state index contributed by atoms with van der Waals surface area (Å²) in [6.45, 7) is 0.161. The third kappa shape index (κ3) is 4.16. The lowest BCUT2D eigenvalue weighted by molar-refractivity contribution is -0.151. The van der Waals surface area contributed by atoms with Gasteiger partial charge in [0.25, 0.3) is 0 Å². The summed E-state index contributed by atoms with van der Waals surface area (Å²) in [6, 6.07) is 3.55. The lowest BCUT2D eigenvalue weighted by Gasteiger charge is -2.33. The van der Waals surface area contributed by atoms with Gasteiger partial charge in [0.1, 0.15) is 0 Å². The molecule has 1 aliphatic carbocycles. The Hall–Kier alpha value is -1.69. The molecule has 120 valence electrons. The zero-order valence-corrected chi connectivity index (χ0v) is 13.3. The second kappa shape index (κ2) is 7.54. The number of rotatable bonds is 7. The quantitative estimate of drug-likeness (QED) is 0.756. The number of amides is 1. The van der Waals surface area contributed by atoms with Crippen molar-refractivity contribution in [1.29, 1.82) is 0 Å². The molecule has 0 unspecified atom stereocenters. The molecule has 1 aromatic rings. The first kappa shape index (κ1) is 16.7. The van der Waals surface area contributed by atoms with Crippen molar-refractivity contribution in [1.82, 2.24) is 5.32 Å². The van der Waals surface area contributed by atoms with Crippen molar-refractivity contribution in [3.8, 4) is 0 Å². The predicted octanol–water partition coefficient (Wildman–Crippen LogP) is 2.86. The van der Waals surface area contributed by atoms with Crippen LogP contribution in [0.15, 0.2) is 17.5 Å². The normalized spacial score (nSPS) is 16.9. The molecule has 1 amide bonds. The molecule has 1 fully saturated rings. The molecule has 5 nitrogen and oxygen atoms in total. The standard InChI is InChI=1S/C16H21NO4S/c18-12(13-5-4-10-22-13)6-7-14(19)17-11-16(15(20)21)8-2-1-3-9-16/h4-5,10H,1-3,6-9,11H2,(H,17,19)(H,20,21). The molecule has 0 spiro atoms. The van der Waals surface area contributed by atoms with Crippen molar-refractivity contribution in [3.63, 3.8) is 0 Å². The van der Waals surface area contributed by atoms with Crippen molar-refractivity contribution in [2.24, 2.45) is 5.41 Å². The highest BCUT2D eigenvalue weighted by atomic mass is 32.1. The fraction of sp³-hybridized carbons (Fsp3) is 0.562. The van der Waals surface area contributed by atoms with Gasteiger partial charge in [-0.2, -0.15) is 0 Å². The van der Waals surface area contributed by atoms with E-state index in [4.69, 9.17) is 0 Å². The molecule has 22 heavy (non-hydrogen) atoms. The van der Waals surface area contributed by atoms with E-state index >= 15 is 0 Å². The number of carbonyl (C=O) groups excluding carboxylic acids is 2. The Kier molecular flexibility index (Phi) is 5.71. The van der Waals surface area contributed by atoms with E-state index < -0.39 is 11.4 Å². The van der Waals surface area contributed by atoms with Gasteiger partial charge in [-0.15, -0.1) is 11.3 Å². The predicted molar refractivity (Wildman–Crippen MR) is 84.0 cm³/mol. The summed E-state index contributed by atoms with van der Waals surface area (Å²) in [7, 11) is 0. The molecule has 2 rings (SSSR count). The Labute approximate surface area is 133 Å². The largest absolute Gasteiger partial charge is 0.481 e. The smallest absolute Gasteiger partial charge is 0.311 e. The second-order valence-electron chi connectivity index (χ2n) is 5.82. The average Bonchev–Trinajstić information content (AvgIpc) is 3.06. The molecule has 0 radical (unpaired) electrons. The van der Waals surface area contributed by atoms with Gasteiger partial charge in [-0.05, 0) is 24.3 Å². The van der Waals surface area contributed by atoms with Crippen LogP contribution in [-0.2, 0) is 9.59 Å². The van der Waals surface area contributed by atoms with Gasteiger partial charge < -0.3 is 10.4 Å². The number of Topliss-reactive ketones (excluding diaryl/α,β-unsaturated/α-hetero) is 1. The summed E-state index contributed by atoms with van der Waals surface area (Å²) in [4.78, 5) is 35.9. The minimum Gasteiger partial charge on any atom is -0.481 e. The SMILES string of the molecule is O=C(CCC(=O)c1cccs1)NCC1(C(=O)O)CCCCC1. The highest BCUT2D eigenvalue weighted by molar-refractivity contribution is 7.12. The van der Waals surface area contributed by atoms with Gasteiger partial charge in [0, 0.05) is 19.4 Å². The summed E-state index contributed by atoms with van der Waals surface area (Å²) in [5.74, 6) is -1.13. The number of carboxylic acid groups (broad SMARTS) is 1. The molecule has 2 N–H and O–H groups in total. The molecule has 0 aliphatic heterocycles. The topological polar surface area (TPSA) is 83.5 Å². The Balaban J connectivity index is 1.79. The molecular weight excluding hydrogens is 302 g/mol. The first-order valence-electron chi connectivity index (χ1n) is 7.60. The average molecular weight is 323 g/mol. The van der Waals surface area contributed by atoms with Crippen LogP contribution in [0, 0.1) is 5.41 Å². The fourth-order valence-corrected chi connectivity index (χ4v) is 3.53. The summed E-state index contributed by atoms with van der Waals surface area (Å²) < 4.78 is 0. The van der Waals surface area contributed by atoms with E-state index in [1.54, 1.807) is 12.1 Å². The van der Waals surface area contributed by atoms with Crippen LogP contribution in [0.25, 0.3) is 0 Å². The summed E-state index contributed by atoms with van der Waals surface area (Å²) in [5, 5.41) is 14.0. The highest BCUT2D eigenvalue weighted by Gasteiger charge is 2.39. The van der Waals surface area contributed by atoms with E-state index in [0.29, 0.717) is 17.7 Å². The fourth-order valence-electron chi connectivity index (χ4n) is 2.84. The number of aliphatic carboxylic acids is 1. The monoisotopic (exact) mass is 323 g/mol. The van der Waals surface area contributed by atoms with Crippen molar-refractivity contribution in [3.05, 3.63) is 22.4 Å². The second-order valence-corrected chi connectivity index (χ2v) is 6.77. The molecule has 1 aliphatic rings. The Morgan fingerprint density at radius 2 is 1.91 bits per heavy atom. The summed E-state index contributed by atoms with van der Waals surface area (Å²) in [5.41, 5.74) is -0.828. The van der Waals surface area contributed by atoms with Crippen LogP contribution in [0.3, 0.4) is 0 Å². The molecular formula is C16H21NO4S. The zero-order chi connectivity index (χ0) is 16.0. The van der Waals surface area contributed by atoms with Gasteiger partial charge in [-0.1, -0.05) is 25.3 Å². The van der Waals surface area contributed by atoms with Gasteiger partial charge >= 0.3 is 5.97 Å². The van der Waals surface area contributed by atoms with Crippen LogP contribution in [0.1, 0.15) is 54.6 Å². The molecule has 1 heterocycles. The summed E-state index contributed by atoms with van der Waals surface area (Å²) >= 11 is 1.36. The van der Waals surface area contributed by atoms with Crippen LogP contribution < -0.4 is 5.32 Å².